The van der Waals surface area contributed by atoms with Crippen molar-refractivity contribution in [3.63, 3.8) is 0 Å². The fourth-order valence-corrected chi connectivity index (χ4v) is 3.27. The van der Waals surface area contributed by atoms with Crippen LogP contribution >= 0.6 is 0 Å². The number of nitrogens with one attached hydrogen (secondary N) is 1. The van der Waals surface area contributed by atoms with Crippen LogP contribution in [0.4, 0.5) is 4.79 Å². The molecule has 1 aliphatic rings. The van der Waals surface area contributed by atoms with Gasteiger partial charge in [-0.2, -0.15) is 0 Å². The third-order valence-corrected chi connectivity index (χ3v) is 5.05. The molecule has 1 aliphatic heterocycles. The van der Waals surface area contributed by atoms with Gasteiger partial charge in [-0.3, -0.25) is 4.79 Å². The van der Waals surface area contributed by atoms with Gasteiger partial charge in [0.25, 0.3) is 0 Å². The van der Waals surface area contributed by atoms with Crippen LogP contribution in [0.3, 0.4) is 0 Å². The molecule has 0 aromatic carbocycles. The molecule has 1 fully saturated rings. The molecule has 150 valence electrons. The molecule has 6 nitrogen and oxygen atoms in total. The molecule has 0 radical (unpaired) electrons. The standard InChI is InChI=1S/C20H35NO5/c1-13(14(22)10-11-18(2,3)4)16-20(19(5,6)7,21-17(23)26-16)12-15(24-8)25-9/h10-11,13,15-16H,12H2,1-9H3,(H,21,23)/b11-10+/t13-,16?,20?/m0/s1. The first-order valence-corrected chi connectivity index (χ1v) is 9.05. The molecule has 0 saturated carbocycles. The summed E-state index contributed by atoms with van der Waals surface area (Å²) in [6, 6.07) is 0. The first-order valence-electron chi connectivity index (χ1n) is 9.05. The highest BCUT2D eigenvalue weighted by molar-refractivity contribution is 5.92. The minimum Gasteiger partial charge on any atom is -0.443 e. The number of alkyl carbamates (subject to hydrolysis) is 1. The van der Waals surface area contributed by atoms with Gasteiger partial charge in [-0.15, -0.1) is 0 Å². The van der Waals surface area contributed by atoms with Crippen LogP contribution in [-0.4, -0.2) is 44.0 Å². The molecule has 0 aromatic heterocycles. The first-order chi connectivity index (χ1) is 11.8. The van der Waals surface area contributed by atoms with E-state index in [1.54, 1.807) is 27.2 Å². The molecule has 0 aliphatic carbocycles. The fourth-order valence-electron chi connectivity index (χ4n) is 3.27. The first kappa shape index (κ1) is 22.6. The Hall–Kier alpha value is -1.40. The van der Waals surface area contributed by atoms with Crippen LogP contribution in [0.2, 0.25) is 0 Å². The van der Waals surface area contributed by atoms with Crippen LogP contribution in [0.1, 0.15) is 54.9 Å². The molecule has 1 saturated heterocycles. The highest BCUT2D eigenvalue weighted by Crippen LogP contribution is 2.44. The molecule has 6 heteroatoms. The van der Waals surface area contributed by atoms with E-state index in [-0.39, 0.29) is 16.6 Å². The zero-order chi connectivity index (χ0) is 20.3. The van der Waals surface area contributed by atoms with E-state index < -0.39 is 29.9 Å². The summed E-state index contributed by atoms with van der Waals surface area (Å²) in [6.07, 6.45) is 2.18. The summed E-state index contributed by atoms with van der Waals surface area (Å²) < 4.78 is 16.3. The molecule has 1 amide bonds. The van der Waals surface area contributed by atoms with Crippen LogP contribution in [0.25, 0.3) is 0 Å². The average molecular weight is 370 g/mol. The van der Waals surface area contributed by atoms with Crippen LogP contribution in [0.5, 0.6) is 0 Å². The lowest BCUT2D eigenvalue weighted by Crippen LogP contribution is -2.62. The maximum atomic E-state index is 12.8. The molecule has 0 spiro atoms. The number of hydrogen-bond acceptors (Lipinski definition) is 5. The Morgan fingerprint density at radius 1 is 1.23 bits per heavy atom. The van der Waals surface area contributed by atoms with Crippen molar-refractivity contribution in [2.75, 3.05) is 14.2 Å². The lowest BCUT2D eigenvalue weighted by atomic mass is 9.65. The minimum atomic E-state index is -0.800. The van der Waals surface area contributed by atoms with E-state index in [0.717, 1.165) is 0 Å². The van der Waals surface area contributed by atoms with E-state index in [2.05, 4.69) is 5.32 Å². The van der Waals surface area contributed by atoms with Crippen molar-refractivity contribution in [1.29, 1.82) is 0 Å². The van der Waals surface area contributed by atoms with E-state index in [9.17, 15) is 9.59 Å². The molecule has 0 aromatic rings. The maximum Gasteiger partial charge on any atom is 0.408 e. The summed E-state index contributed by atoms with van der Waals surface area (Å²) in [4.78, 5) is 24.9. The lowest BCUT2D eigenvalue weighted by molar-refractivity contribution is -0.142. The largest absolute Gasteiger partial charge is 0.443 e. The number of ether oxygens (including phenoxy) is 3. The van der Waals surface area contributed by atoms with E-state index in [0.29, 0.717) is 6.42 Å². The topological polar surface area (TPSA) is 73.9 Å². The van der Waals surface area contributed by atoms with Crippen molar-refractivity contribution in [2.45, 2.75) is 72.8 Å². The van der Waals surface area contributed by atoms with Gasteiger partial charge >= 0.3 is 6.09 Å². The molecule has 26 heavy (non-hydrogen) atoms. The van der Waals surface area contributed by atoms with Crippen LogP contribution < -0.4 is 5.32 Å². The maximum absolute atomic E-state index is 12.8. The Labute approximate surface area is 157 Å². The Balaban J connectivity index is 3.25. The lowest BCUT2D eigenvalue weighted by Gasteiger charge is -2.46. The van der Waals surface area contributed by atoms with Crippen molar-refractivity contribution < 1.29 is 23.8 Å². The number of carbonyl (C=O) groups excluding carboxylic acids is 2. The number of amides is 1. The number of methoxy groups -OCH3 is 2. The SMILES string of the molecule is COC(CC1(C(C)(C)C)NC(=O)OC1[C@@H](C)C(=O)/C=C/C(C)(C)C)OC. The zero-order valence-electron chi connectivity index (χ0n) is 17.6. The second-order valence-corrected chi connectivity index (χ2v) is 9.17. The predicted molar refractivity (Wildman–Crippen MR) is 101 cm³/mol. The predicted octanol–water partition coefficient (Wildman–Crippen LogP) is 3.70. The molecular formula is C20H35NO5. The van der Waals surface area contributed by atoms with Gasteiger partial charge in [-0.25, -0.2) is 4.79 Å². The van der Waals surface area contributed by atoms with Gasteiger partial charge in [0, 0.05) is 20.6 Å². The van der Waals surface area contributed by atoms with Gasteiger partial charge in [0.05, 0.1) is 11.5 Å². The smallest absolute Gasteiger partial charge is 0.408 e. The highest BCUT2D eigenvalue weighted by atomic mass is 16.7. The number of ketones is 1. The minimum absolute atomic E-state index is 0.0681. The average Bonchev–Trinajstić information content (AvgIpc) is 2.86. The second kappa shape index (κ2) is 8.09. The zero-order valence-corrected chi connectivity index (χ0v) is 17.6. The molecule has 0 bridgehead atoms. The normalized spacial score (nSPS) is 25.5. The van der Waals surface area contributed by atoms with E-state index in [1.165, 1.54) is 0 Å². The summed E-state index contributed by atoms with van der Waals surface area (Å²) in [7, 11) is 3.11. The summed E-state index contributed by atoms with van der Waals surface area (Å²) >= 11 is 0. The summed E-state index contributed by atoms with van der Waals surface area (Å²) in [5.74, 6) is -0.567. The third-order valence-electron chi connectivity index (χ3n) is 5.05. The van der Waals surface area contributed by atoms with Gasteiger partial charge in [-0.1, -0.05) is 54.5 Å². The summed E-state index contributed by atoms with van der Waals surface area (Å²) in [5, 5.41) is 2.97. The Kier molecular flexibility index (Phi) is 7.04. The number of cyclic esters (lactones) is 1. The quantitative estimate of drug-likeness (QED) is 0.547. The van der Waals surface area contributed by atoms with Gasteiger partial charge in [-0.05, 0) is 16.9 Å². The van der Waals surface area contributed by atoms with Crippen molar-refractivity contribution in [3.8, 4) is 0 Å². The van der Waals surface area contributed by atoms with Crippen LogP contribution in [-0.2, 0) is 19.0 Å². The second-order valence-electron chi connectivity index (χ2n) is 9.17. The van der Waals surface area contributed by atoms with Crippen LogP contribution in [0, 0.1) is 16.7 Å². The molecular weight excluding hydrogens is 334 g/mol. The van der Waals surface area contributed by atoms with Gasteiger partial charge in [0.15, 0.2) is 12.1 Å². The number of rotatable bonds is 7. The summed E-state index contributed by atoms with van der Waals surface area (Å²) in [5.41, 5.74) is -1.29. The van der Waals surface area contributed by atoms with Gasteiger partial charge < -0.3 is 19.5 Å². The summed E-state index contributed by atoms with van der Waals surface area (Å²) in [6.45, 7) is 13.9. The molecule has 1 heterocycles. The van der Waals surface area contributed by atoms with Gasteiger partial charge in [0.1, 0.15) is 6.10 Å². The highest BCUT2D eigenvalue weighted by Gasteiger charge is 2.59. The number of hydrogen-bond donors (Lipinski definition) is 1. The third kappa shape index (κ3) is 5.07. The Bertz CT molecular complexity index is 539. The Morgan fingerprint density at radius 3 is 2.19 bits per heavy atom. The van der Waals surface area contributed by atoms with Crippen molar-refractivity contribution in [2.24, 2.45) is 16.7 Å². The number of carbonyl (C=O) groups is 2. The van der Waals surface area contributed by atoms with E-state index >= 15 is 0 Å². The van der Waals surface area contributed by atoms with Crippen molar-refractivity contribution in [3.05, 3.63) is 12.2 Å². The van der Waals surface area contributed by atoms with Crippen molar-refractivity contribution in [1.82, 2.24) is 5.32 Å². The van der Waals surface area contributed by atoms with E-state index in [4.69, 9.17) is 14.2 Å². The monoisotopic (exact) mass is 369 g/mol. The number of allylic oxidation sites excluding steroid dienone is 2. The fraction of sp³-hybridized carbons (Fsp3) is 0.800. The molecule has 3 atom stereocenters. The van der Waals surface area contributed by atoms with Crippen LogP contribution in [0.15, 0.2) is 12.2 Å². The van der Waals surface area contributed by atoms with E-state index in [1.807, 2.05) is 47.6 Å². The Morgan fingerprint density at radius 2 is 1.77 bits per heavy atom. The van der Waals surface area contributed by atoms with Crippen molar-refractivity contribution >= 4 is 11.9 Å². The molecule has 2 unspecified atom stereocenters. The molecule has 1 rings (SSSR count). The van der Waals surface area contributed by atoms with Gasteiger partial charge in [0.2, 0.25) is 0 Å². The molecule has 1 N–H and O–H groups in total.